The summed E-state index contributed by atoms with van der Waals surface area (Å²) in [6.45, 7) is 1.30. The number of carbonyl (C=O) groups excluding carboxylic acids is 5. The normalized spacial score (nSPS) is 12.5. The summed E-state index contributed by atoms with van der Waals surface area (Å²) < 4.78 is 0. The van der Waals surface area contributed by atoms with Gasteiger partial charge in [-0.25, -0.2) is 4.79 Å². The molecule has 0 aromatic heterocycles. The van der Waals surface area contributed by atoms with E-state index < -0.39 is 66.2 Å². The van der Waals surface area contributed by atoms with E-state index in [0.717, 1.165) is 0 Å². The number of azide groups is 2. The lowest BCUT2D eigenvalue weighted by Crippen LogP contribution is -2.57. The molecular weight excluding hydrogens is 650 g/mol. The number of rotatable bonds is 27. The molecule has 4 atom stereocenters. The van der Waals surface area contributed by atoms with Gasteiger partial charge >= 0.3 is 5.97 Å². The highest BCUT2D eigenvalue weighted by atomic mass is 16.4. The fourth-order valence-corrected chi connectivity index (χ4v) is 4.04. The maximum atomic E-state index is 13.5. The quantitative estimate of drug-likeness (QED) is 0.00796. The van der Waals surface area contributed by atoms with E-state index in [-0.39, 0.29) is 57.8 Å². The Morgan fingerprint density at radius 1 is 0.714 bits per heavy atom. The van der Waals surface area contributed by atoms with Gasteiger partial charge in [-0.05, 0) is 68.7 Å². The third kappa shape index (κ3) is 21.6. The first-order valence-corrected chi connectivity index (χ1v) is 15.4. The molecule has 0 saturated carbocycles. The number of carbonyl (C=O) groups is 6. The third-order valence-electron chi connectivity index (χ3n) is 6.56. The van der Waals surface area contributed by atoms with Gasteiger partial charge in [0.05, 0.1) is 26.2 Å². The second-order valence-electron chi connectivity index (χ2n) is 10.5. The Morgan fingerprint density at radius 3 is 1.69 bits per heavy atom. The van der Waals surface area contributed by atoms with Crippen molar-refractivity contribution in [3.05, 3.63) is 20.9 Å². The number of hydrogen-bond acceptors (Lipinski definition) is 10. The molecule has 14 N–H and O–H groups in total. The van der Waals surface area contributed by atoms with Crippen molar-refractivity contribution in [3.8, 4) is 0 Å². The van der Waals surface area contributed by atoms with Gasteiger partial charge in [0.15, 0.2) is 5.96 Å². The molecule has 0 aliphatic rings. The van der Waals surface area contributed by atoms with Crippen LogP contribution in [0.3, 0.4) is 0 Å². The van der Waals surface area contributed by atoms with Crippen LogP contribution in [0.5, 0.6) is 0 Å². The fourth-order valence-electron chi connectivity index (χ4n) is 4.04. The van der Waals surface area contributed by atoms with Crippen LogP contribution in [0.1, 0.15) is 58.3 Å². The number of nitrogens with one attached hydrogen (secondary N) is 9. The summed E-state index contributed by atoms with van der Waals surface area (Å²) in [6, 6.07) is -4.92. The lowest BCUT2D eigenvalue weighted by molar-refractivity contribution is -0.142. The average Bonchev–Trinajstić information content (AvgIpc) is 3.06. The van der Waals surface area contributed by atoms with Gasteiger partial charge in [0, 0.05) is 6.54 Å². The maximum Gasteiger partial charge on any atom is 0.326 e. The van der Waals surface area contributed by atoms with E-state index in [2.05, 4.69) is 63.0 Å². The van der Waals surface area contributed by atoms with Crippen molar-refractivity contribution in [3.63, 3.8) is 0 Å². The summed E-state index contributed by atoms with van der Waals surface area (Å²) >= 11 is 0. The summed E-state index contributed by atoms with van der Waals surface area (Å²) in [6.07, 6.45) is 1.88. The zero-order valence-corrected chi connectivity index (χ0v) is 27.2. The van der Waals surface area contributed by atoms with Crippen molar-refractivity contribution in [2.45, 2.75) is 82.5 Å². The Kier molecular flexibility index (Phi) is 23.3. The van der Waals surface area contributed by atoms with Crippen LogP contribution in [-0.4, -0.2) is 103 Å². The fraction of sp³-hybridized carbons (Fsp3) is 0.720. The van der Waals surface area contributed by atoms with Gasteiger partial charge in [-0.15, -0.1) is 11.1 Å². The summed E-state index contributed by atoms with van der Waals surface area (Å²) in [4.78, 5) is 80.2. The van der Waals surface area contributed by atoms with Crippen LogP contribution in [-0.2, 0) is 28.8 Å². The molecule has 0 bridgehead atoms. The van der Waals surface area contributed by atoms with Crippen LogP contribution in [0.15, 0.2) is 10.4 Å². The van der Waals surface area contributed by atoms with Crippen LogP contribution in [0.25, 0.3) is 20.9 Å². The first-order chi connectivity index (χ1) is 23.4. The van der Waals surface area contributed by atoms with Crippen molar-refractivity contribution in [2.75, 3.05) is 32.7 Å². The zero-order valence-electron chi connectivity index (χ0n) is 27.2. The maximum absolute atomic E-state index is 13.5. The molecule has 5 amide bonds. The Labute approximate surface area is 281 Å². The predicted octanol–water partition coefficient (Wildman–Crippen LogP) is -2.66. The van der Waals surface area contributed by atoms with Crippen LogP contribution >= 0.6 is 0 Å². The minimum atomic E-state index is -1.30. The molecule has 0 saturated heterocycles. The minimum absolute atomic E-state index is 0.0110. The van der Waals surface area contributed by atoms with Crippen molar-refractivity contribution >= 4 is 41.5 Å². The Bertz CT molecular complexity index is 1210. The van der Waals surface area contributed by atoms with Crippen LogP contribution < -0.4 is 54.2 Å². The molecule has 0 aliphatic heterocycles. The number of guanidine groups is 1. The molecule has 24 nitrogen and oxygen atoms in total. The molecule has 274 valence electrons. The summed E-state index contributed by atoms with van der Waals surface area (Å²) in [5.41, 5.74) is 32.1. The van der Waals surface area contributed by atoms with E-state index in [4.69, 9.17) is 27.9 Å². The number of hydrogen-bond donors (Lipinski definition) is 12. The van der Waals surface area contributed by atoms with Crippen molar-refractivity contribution in [2.24, 2.45) is 21.9 Å². The number of aliphatic carboxylic acids is 1. The molecule has 0 radical (unpaired) electrons. The molecule has 0 aliphatic carbocycles. The second kappa shape index (κ2) is 26.4. The molecule has 0 unspecified atom stereocenters. The van der Waals surface area contributed by atoms with Gasteiger partial charge in [0.1, 0.15) is 24.2 Å². The Morgan fingerprint density at radius 2 is 1.20 bits per heavy atom. The van der Waals surface area contributed by atoms with E-state index in [0.29, 0.717) is 25.7 Å². The second-order valence-corrected chi connectivity index (χ2v) is 10.5. The van der Waals surface area contributed by atoms with E-state index in [1.807, 2.05) is 0 Å². The molecule has 0 spiro atoms. The van der Waals surface area contributed by atoms with Gasteiger partial charge in [-0.1, -0.05) is 0 Å². The number of carboxylic acid groups (broad SMARTS) is 1. The molecule has 0 aromatic carbocycles. The van der Waals surface area contributed by atoms with E-state index in [1.165, 1.54) is 6.92 Å². The highest BCUT2D eigenvalue weighted by Gasteiger charge is 2.30. The molecule has 0 aromatic rings. The molecule has 0 heterocycles. The first kappa shape index (κ1) is 43.3. The number of carboxylic acids is 1. The van der Waals surface area contributed by atoms with Crippen LogP contribution in [0.2, 0.25) is 0 Å². The Balaban J connectivity index is 5.78. The summed E-state index contributed by atoms with van der Waals surface area (Å²) in [7, 11) is 0. The summed E-state index contributed by atoms with van der Waals surface area (Å²) in [5.74, 6) is -5.22. The largest absolute Gasteiger partial charge is 0.480 e. The van der Waals surface area contributed by atoms with Gasteiger partial charge in [-0.3, -0.25) is 40.2 Å². The zero-order chi connectivity index (χ0) is 37.0. The van der Waals surface area contributed by atoms with Crippen molar-refractivity contribution in [1.29, 1.82) is 5.41 Å². The van der Waals surface area contributed by atoms with E-state index in [9.17, 15) is 33.9 Å². The lowest BCUT2D eigenvalue weighted by atomic mass is 10.0. The molecule has 49 heavy (non-hydrogen) atoms. The first-order valence-electron chi connectivity index (χ1n) is 15.4. The van der Waals surface area contributed by atoms with Crippen molar-refractivity contribution in [1.82, 2.24) is 42.8 Å². The van der Waals surface area contributed by atoms with Crippen LogP contribution in [0, 0.1) is 5.41 Å². The topological polar surface area (TPSA) is 392 Å². The molecule has 0 fully saturated rings. The lowest BCUT2D eigenvalue weighted by Gasteiger charge is -2.25. The SMILES string of the molecule is C[C@H](NC(=O)CNC(=O)CN)C(=O)N[C@@H](CCCNC(=N)N)C(=O)N[C@@H](CCCCNN=[N+]=[N-])C(=O)N[C@@H](CCCCNN=[N+]=[N-])C(=O)O. The monoisotopic (exact) mass is 697 g/mol. The standard InChI is InChI=1S/C25H47N17O7/c1-15(35-20(44)14-32-19(43)13-26)21(45)36-17(9-6-10-31-25(27)28)22(46)37-16(7-2-4-11-33-41-39-29)23(47)38-18(24(48)49)8-3-5-12-34-42-40-30/h15-18,33-34H,2-14,26H2,1H3,(H,32,43)(H,35,44)(H,36,45)(H,37,46)(H,38,47)(H,48,49)(H4,27,28,31)/t15-,16-,17-,18-/m0/s1. The number of amides is 5. The Hall–Kier alpha value is -5.73. The highest BCUT2D eigenvalue weighted by molar-refractivity contribution is 5.95. The number of nitrogens with two attached hydrogens (primary N) is 2. The van der Waals surface area contributed by atoms with E-state index >= 15 is 0 Å². The molecule has 0 rings (SSSR count). The van der Waals surface area contributed by atoms with Crippen LogP contribution in [0.4, 0.5) is 0 Å². The smallest absolute Gasteiger partial charge is 0.326 e. The minimum Gasteiger partial charge on any atom is -0.480 e. The average molecular weight is 698 g/mol. The van der Waals surface area contributed by atoms with E-state index in [1.54, 1.807) is 0 Å². The van der Waals surface area contributed by atoms with Gasteiger partial charge in [0.2, 0.25) is 29.5 Å². The van der Waals surface area contributed by atoms with Gasteiger partial charge < -0.3 is 48.5 Å². The van der Waals surface area contributed by atoms with Gasteiger partial charge in [-0.2, -0.15) is 9.82 Å². The molecular formula is C25H47N17O7. The molecule has 24 heteroatoms. The van der Waals surface area contributed by atoms with Gasteiger partial charge in [0.25, 0.3) is 0 Å². The number of nitrogens with zero attached hydrogens (tertiary/aromatic N) is 6. The highest BCUT2D eigenvalue weighted by Crippen LogP contribution is 2.07. The number of unbranched alkanes of at least 4 members (excludes halogenated alkanes) is 2. The third-order valence-corrected chi connectivity index (χ3v) is 6.56. The predicted molar refractivity (Wildman–Crippen MR) is 174 cm³/mol. The van der Waals surface area contributed by atoms with Crippen molar-refractivity contribution < 1.29 is 33.9 Å². The summed E-state index contributed by atoms with van der Waals surface area (Å²) in [5, 5.41) is 38.1.